The Hall–Kier alpha value is -1.22. The molecule has 1 aromatic rings. The molecule has 2 rings (SSSR count). The van der Waals surface area contributed by atoms with Crippen LogP contribution in [0.1, 0.15) is 24.9 Å². The molecule has 0 bridgehead atoms. The van der Waals surface area contributed by atoms with E-state index in [1.165, 1.54) is 12.1 Å². The fraction of sp³-hybridized carbons (Fsp3) is 0.429. The molecule has 3 unspecified atom stereocenters. The maximum atomic E-state index is 13.5. The van der Waals surface area contributed by atoms with Crippen LogP contribution in [0.4, 0.5) is 8.78 Å². The van der Waals surface area contributed by atoms with Gasteiger partial charge in [0.25, 0.3) is 0 Å². The van der Waals surface area contributed by atoms with Crippen LogP contribution in [0.3, 0.4) is 0 Å². The van der Waals surface area contributed by atoms with Crippen molar-refractivity contribution in [3.8, 4) is 0 Å². The smallest absolute Gasteiger partial charge is 0.123 e. The zero-order valence-corrected chi connectivity index (χ0v) is 9.94. The minimum atomic E-state index is -0.842. The fourth-order valence-corrected chi connectivity index (χ4v) is 2.44. The lowest BCUT2D eigenvalue weighted by Crippen LogP contribution is -2.31. The molecule has 0 amide bonds. The molecule has 1 nitrogen and oxygen atoms in total. The van der Waals surface area contributed by atoms with Crippen LogP contribution in [0.5, 0.6) is 0 Å². The Morgan fingerprint density at radius 3 is 2.94 bits per heavy atom. The lowest BCUT2D eigenvalue weighted by molar-refractivity contribution is 0.215. The summed E-state index contributed by atoms with van der Waals surface area (Å²) >= 11 is 0. The van der Waals surface area contributed by atoms with E-state index in [0.717, 1.165) is 5.56 Å². The molecule has 1 heterocycles. The van der Waals surface area contributed by atoms with Crippen molar-refractivity contribution in [2.45, 2.75) is 31.6 Å². The lowest BCUT2D eigenvalue weighted by atomic mass is 10.0. The number of nitrogens with zero attached hydrogens (tertiary/aromatic N) is 1. The third-order valence-electron chi connectivity index (χ3n) is 3.39. The molecule has 1 aliphatic rings. The summed E-state index contributed by atoms with van der Waals surface area (Å²) in [6.45, 7) is 6.12. The summed E-state index contributed by atoms with van der Waals surface area (Å²) in [4.78, 5) is 2.03. The Bertz CT molecular complexity index is 405. The van der Waals surface area contributed by atoms with Crippen molar-refractivity contribution in [1.82, 2.24) is 4.90 Å². The first kappa shape index (κ1) is 12.2. The van der Waals surface area contributed by atoms with Crippen LogP contribution in [0, 0.1) is 5.82 Å². The van der Waals surface area contributed by atoms with Gasteiger partial charge in [-0.1, -0.05) is 18.2 Å². The maximum Gasteiger partial charge on any atom is 0.123 e. The van der Waals surface area contributed by atoms with E-state index in [1.54, 1.807) is 12.1 Å². The molecule has 1 fully saturated rings. The van der Waals surface area contributed by atoms with Crippen LogP contribution in [-0.2, 0) is 0 Å². The highest BCUT2D eigenvalue weighted by atomic mass is 19.1. The molecule has 3 heteroatoms. The molecule has 3 atom stereocenters. The fourth-order valence-electron chi connectivity index (χ4n) is 2.44. The minimum absolute atomic E-state index is 0.0475. The normalized spacial score (nSPS) is 27.0. The van der Waals surface area contributed by atoms with Crippen molar-refractivity contribution < 1.29 is 8.78 Å². The molecule has 0 aromatic heterocycles. The van der Waals surface area contributed by atoms with Gasteiger partial charge in [0.1, 0.15) is 12.0 Å². The molecule has 1 saturated heterocycles. The molecular formula is C14H17F2N. The summed E-state index contributed by atoms with van der Waals surface area (Å²) in [5.41, 5.74) is 0.846. The predicted molar refractivity (Wildman–Crippen MR) is 65.0 cm³/mol. The predicted octanol–water partition coefficient (Wildman–Crippen LogP) is 3.49. The first-order chi connectivity index (χ1) is 8.11. The van der Waals surface area contributed by atoms with Crippen LogP contribution in [-0.4, -0.2) is 23.7 Å². The lowest BCUT2D eigenvalue weighted by Gasteiger charge is -2.28. The van der Waals surface area contributed by atoms with E-state index in [4.69, 9.17) is 0 Å². The largest absolute Gasteiger partial charge is 0.287 e. The third-order valence-corrected chi connectivity index (χ3v) is 3.39. The van der Waals surface area contributed by atoms with E-state index >= 15 is 0 Å². The van der Waals surface area contributed by atoms with Crippen molar-refractivity contribution in [2.75, 3.05) is 6.54 Å². The molecule has 17 heavy (non-hydrogen) atoms. The van der Waals surface area contributed by atoms with Crippen LogP contribution >= 0.6 is 0 Å². The molecule has 0 aliphatic carbocycles. The number of alkyl halides is 1. The van der Waals surface area contributed by atoms with Crippen molar-refractivity contribution in [1.29, 1.82) is 0 Å². The Kier molecular flexibility index (Phi) is 3.57. The number of rotatable bonds is 3. The molecule has 92 valence electrons. The molecule has 0 radical (unpaired) electrons. The highest BCUT2D eigenvalue weighted by molar-refractivity contribution is 5.22. The molecule has 1 aromatic carbocycles. The Labute approximate surface area is 101 Å². The first-order valence-electron chi connectivity index (χ1n) is 5.89. The average Bonchev–Trinajstić information content (AvgIpc) is 2.70. The Morgan fingerprint density at radius 1 is 1.53 bits per heavy atom. The molecule has 0 spiro atoms. The molecule has 0 N–H and O–H groups in total. The van der Waals surface area contributed by atoms with Gasteiger partial charge in [-0.05, 0) is 31.0 Å². The number of hydrogen-bond acceptors (Lipinski definition) is 1. The van der Waals surface area contributed by atoms with E-state index in [0.29, 0.717) is 13.0 Å². The second-order valence-electron chi connectivity index (χ2n) is 4.58. The van der Waals surface area contributed by atoms with Crippen LogP contribution in [0.25, 0.3) is 0 Å². The van der Waals surface area contributed by atoms with Crippen molar-refractivity contribution in [3.63, 3.8) is 0 Å². The van der Waals surface area contributed by atoms with E-state index in [2.05, 4.69) is 6.58 Å². The van der Waals surface area contributed by atoms with E-state index < -0.39 is 6.17 Å². The van der Waals surface area contributed by atoms with E-state index in [9.17, 15) is 8.78 Å². The van der Waals surface area contributed by atoms with Gasteiger partial charge in [0.2, 0.25) is 0 Å². The van der Waals surface area contributed by atoms with Gasteiger partial charge in [-0.15, -0.1) is 6.58 Å². The minimum Gasteiger partial charge on any atom is -0.287 e. The highest BCUT2D eigenvalue weighted by Crippen LogP contribution is 2.35. The monoisotopic (exact) mass is 237 g/mol. The van der Waals surface area contributed by atoms with E-state index in [-0.39, 0.29) is 17.9 Å². The zero-order valence-electron chi connectivity index (χ0n) is 9.94. The van der Waals surface area contributed by atoms with Gasteiger partial charge in [0, 0.05) is 18.6 Å². The topological polar surface area (TPSA) is 3.24 Å². The third kappa shape index (κ3) is 2.55. The van der Waals surface area contributed by atoms with Gasteiger partial charge in [-0.3, -0.25) is 4.90 Å². The first-order valence-corrected chi connectivity index (χ1v) is 5.89. The quantitative estimate of drug-likeness (QED) is 0.727. The summed E-state index contributed by atoms with van der Waals surface area (Å²) in [7, 11) is 0. The van der Waals surface area contributed by atoms with Gasteiger partial charge in [0.05, 0.1) is 0 Å². The second-order valence-corrected chi connectivity index (χ2v) is 4.58. The molecular weight excluding hydrogens is 220 g/mol. The van der Waals surface area contributed by atoms with Gasteiger partial charge in [0.15, 0.2) is 0 Å². The molecule has 1 aliphatic heterocycles. The van der Waals surface area contributed by atoms with Gasteiger partial charge < -0.3 is 0 Å². The van der Waals surface area contributed by atoms with Gasteiger partial charge in [-0.25, -0.2) is 8.78 Å². The summed E-state index contributed by atoms with van der Waals surface area (Å²) in [6, 6.07) is 6.48. The van der Waals surface area contributed by atoms with E-state index in [1.807, 2.05) is 17.9 Å². The summed E-state index contributed by atoms with van der Waals surface area (Å²) in [6.07, 6.45) is 1.39. The maximum absolute atomic E-state index is 13.5. The number of likely N-dealkylation sites (tertiary alicyclic amines) is 1. The summed E-state index contributed by atoms with van der Waals surface area (Å²) < 4.78 is 26.7. The second kappa shape index (κ2) is 4.96. The van der Waals surface area contributed by atoms with Crippen molar-refractivity contribution in [3.05, 3.63) is 48.3 Å². The zero-order chi connectivity index (χ0) is 12.4. The SMILES string of the molecule is C=CC(C)N1CC(F)CC1c1cccc(F)c1. The van der Waals surface area contributed by atoms with Crippen molar-refractivity contribution in [2.24, 2.45) is 0 Å². The van der Waals surface area contributed by atoms with Gasteiger partial charge in [-0.2, -0.15) is 0 Å². The number of halogens is 2. The number of hydrogen-bond donors (Lipinski definition) is 0. The summed E-state index contributed by atoms with van der Waals surface area (Å²) in [5.74, 6) is -0.268. The number of benzene rings is 1. The standard InChI is InChI=1S/C14H17F2N/c1-3-10(2)17-9-13(16)8-14(17)11-5-4-6-12(15)7-11/h3-7,10,13-14H,1,8-9H2,2H3. The van der Waals surface area contributed by atoms with Crippen LogP contribution < -0.4 is 0 Å². The summed E-state index contributed by atoms with van der Waals surface area (Å²) in [5, 5.41) is 0. The molecule has 0 saturated carbocycles. The Morgan fingerprint density at radius 2 is 2.29 bits per heavy atom. The average molecular weight is 237 g/mol. The Balaban J connectivity index is 2.26. The van der Waals surface area contributed by atoms with Crippen LogP contribution in [0.2, 0.25) is 0 Å². The highest BCUT2D eigenvalue weighted by Gasteiger charge is 2.35. The van der Waals surface area contributed by atoms with Crippen molar-refractivity contribution >= 4 is 0 Å². The van der Waals surface area contributed by atoms with Gasteiger partial charge >= 0.3 is 0 Å². The van der Waals surface area contributed by atoms with Crippen LogP contribution in [0.15, 0.2) is 36.9 Å².